The highest BCUT2D eigenvalue weighted by atomic mass is 79.9. The Hall–Kier alpha value is -1.03. The van der Waals surface area contributed by atoms with Crippen LogP contribution in [-0.2, 0) is 0 Å². The summed E-state index contributed by atoms with van der Waals surface area (Å²) < 4.78 is 1.03. The minimum absolute atomic E-state index is 0.140. The number of nitrogens with one attached hydrogen (secondary N) is 1. The number of hydrogen-bond donors (Lipinski definition) is 2. The molecular weight excluding hydrogens is 314 g/mol. The third-order valence-electron chi connectivity index (χ3n) is 4.57. The van der Waals surface area contributed by atoms with E-state index in [1.54, 1.807) is 0 Å². The topological polar surface area (TPSA) is 53.1 Å². The fourth-order valence-electron chi connectivity index (χ4n) is 3.16. The Morgan fingerprint density at radius 3 is 2.55 bits per heavy atom. The zero-order chi connectivity index (χ0) is 14.7. The van der Waals surface area contributed by atoms with Crippen LogP contribution >= 0.6 is 15.9 Å². The lowest BCUT2D eigenvalue weighted by molar-refractivity contribution is 0.313. The van der Waals surface area contributed by atoms with Crippen LogP contribution in [0.2, 0.25) is 0 Å². The molecule has 0 saturated heterocycles. The first-order valence-corrected chi connectivity index (χ1v) is 8.19. The summed E-state index contributed by atoms with van der Waals surface area (Å²) >= 11 is 3.52. The highest BCUT2D eigenvalue weighted by Crippen LogP contribution is 2.33. The van der Waals surface area contributed by atoms with Gasteiger partial charge in [0.25, 0.3) is 0 Å². The van der Waals surface area contributed by atoms with Crippen molar-refractivity contribution in [3.05, 3.63) is 28.2 Å². The van der Waals surface area contributed by atoms with Gasteiger partial charge in [-0.3, -0.25) is 5.41 Å². The fraction of sp³-hybridized carbons (Fsp3) is 0.562. The summed E-state index contributed by atoms with van der Waals surface area (Å²) in [5, 5.41) is 7.75. The molecule has 110 valence electrons. The zero-order valence-corrected chi connectivity index (χ0v) is 13.9. The van der Waals surface area contributed by atoms with Gasteiger partial charge in [0.15, 0.2) is 0 Å². The van der Waals surface area contributed by atoms with Crippen LogP contribution in [0.15, 0.2) is 22.7 Å². The van der Waals surface area contributed by atoms with Crippen LogP contribution < -0.4 is 10.6 Å². The first-order chi connectivity index (χ1) is 9.52. The second kappa shape index (κ2) is 6.61. The average molecular weight is 338 g/mol. The van der Waals surface area contributed by atoms with Crippen molar-refractivity contribution in [3.63, 3.8) is 0 Å². The molecule has 0 unspecified atom stereocenters. The summed E-state index contributed by atoms with van der Waals surface area (Å²) in [7, 11) is 2.13. The molecule has 1 aromatic rings. The summed E-state index contributed by atoms with van der Waals surface area (Å²) in [6.07, 6.45) is 6.40. The molecule has 1 aromatic carbocycles. The molecule has 0 aromatic heterocycles. The van der Waals surface area contributed by atoms with E-state index in [4.69, 9.17) is 11.1 Å². The van der Waals surface area contributed by atoms with Gasteiger partial charge in [-0.1, -0.05) is 29.3 Å². The van der Waals surface area contributed by atoms with E-state index in [0.29, 0.717) is 6.04 Å². The van der Waals surface area contributed by atoms with E-state index in [1.165, 1.54) is 32.1 Å². The Bertz CT molecular complexity index is 479. The van der Waals surface area contributed by atoms with Crippen LogP contribution in [0.5, 0.6) is 0 Å². The van der Waals surface area contributed by atoms with E-state index in [-0.39, 0.29) is 5.84 Å². The molecule has 0 heterocycles. The maximum atomic E-state index is 7.75. The van der Waals surface area contributed by atoms with E-state index in [2.05, 4.69) is 40.9 Å². The van der Waals surface area contributed by atoms with Crippen molar-refractivity contribution in [1.82, 2.24) is 0 Å². The second-order valence-electron chi connectivity index (χ2n) is 5.77. The average Bonchev–Trinajstić information content (AvgIpc) is 2.46. The van der Waals surface area contributed by atoms with E-state index in [0.717, 1.165) is 21.6 Å². The number of anilines is 1. The van der Waals surface area contributed by atoms with Crippen LogP contribution in [0.1, 0.15) is 44.6 Å². The zero-order valence-electron chi connectivity index (χ0n) is 12.3. The first kappa shape index (κ1) is 15.4. The minimum Gasteiger partial charge on any atom is -0.384 e. The van der Waals surface area contributed by atoms with Gasteiger partial charge < -0.3 is 10.6 Å². The molecule has 3 N–H and O–H groups in total. The lowest BCUT2D eigenvalue weighted by Gasteiger charge is -2.36. The largest absolute Gasteiger partial charge is 0.384 e. The Morgan fingerprint density at radius 1 is 1.35 bits per heavy atom. The monoisotopic (exact) mass is 337 g/mol. The summed E-state index contributed by atoms with van der Waals surface area (Å²) in [4.78, 5) is 2.31. The number of nitrogen functional groups attached to an aromatic ring is 1. The van der Waals surface area contributed by atoms with Gasteiger partial charge >= 0.3 is 0 Å². The molecule has 20 heavy (non-hydrogen) atoms. The smallest absolute Gasteiger partial charge is 0.124 e. The van der Waals surface area contributed by atoms with Gasteiger partial charge in [0.2, 0.25) is 0 Å². The quantitative estimate of drug-likeness (QED) is 0.640. The Balaban J connectivity index is 2.18. The summed E-state index contributed by atoms with van der Waals surface area (Å²) in [6.45, 7) is 2.29. The molecule has 0 amide bonds. The van der Waals surface area contributed by atoms with Gasteiger partial charge in [0.05, 0.1) is 0 Å². The van der Waals surface area contributed by atoms with E-state index in [9.17, 15) is 0 Å². The third-order valence-corrected chi connectivity index (χ3v) is 5.06. The SMILES string of the molecule is CCC1CCC(N(C)c2cc(Br)ccc2C(=N)N)CC1. The first-order valence-electron chi connectivity index (χ1n) is 7.39. The molecule has 0 spiro atoms. The molecule has 1 aliphatic rings. The van der Waals surface area contributed by atoms with Crippen molar-refractivity contribution in [2.24, 2.45) is 11.7 Å². The number of nitrogens with two attached hydrogens (primary N) is 1. The minimum atomic E-state index is 0.140. The van der Waals surface area contributed by atoms with Gasteiger partial charge in [-0.25, -0.2) is 0 Å². The van der Waals surface area contributed by atoms with Crippen LogP contribution in [0.3, 0.4) is 0 Å². The van der Waals surface area contributed by atoms with Gasteiger partial charge in [-0.05, 0) is 49.8 Å². The number of nitrogens with zero attached hydrogens (tertiary/aromatic N) is 1. The van der Waals surface area contributed by atoms with Crippen LogP contribution in [-0.4, -0.2) is 18.9 Å². The van der Waals surface area contributed by atoms with Crippen molar-refractivity contribution in [1.29, 1.82) is 5.41 Å². The summed E-state index contributed by atoms with van der Waals surface area (Å²) in [5.41, 5.74) is 7.61. The van der Waals surface area contributed by atoms with Crippen molar-refractivity contribution in [3.8, 4) is 0 Å². The fourth-order valence-corrected chi connectivity index (χ4v) is 3.51. The van der Waals surface area contributed by atoms with Crippen molar-refractivity contribution in [2.45, 2.75) is 45.1 Å². The predicted octanol–water partition coefficient (Wildman–Crippen LogP) is 4.14. The number of benzene rings is 1. The molecule has 0 bridgehead atoms. The van der Waals surface area contributed by atoms with Gasteiger partial charge in [0.1, 0.15) is 5.84 Å². The molecule has 1 aliphatic carbocycles. The number of hydrogen-bond acceptors (Lipinski definition) is 2. The maximum absolute atomic E-state index is 7.75. The number of amidine groups is 1. The maximum Gasteiger partial charge on any atom is 0.124 e. The highest BCUT2D eigenvalue weighted by molar-refractivity contribution is 9.10. The lowest BCUT2D eigenvalue weighted by atomic mass is 9.84. The van der Waals surface area contributed by atoms with Crippen LogP contribution in [0, 0.1) is 11.3 Å². The Kier molecular flexibility index (Phi) is 5.08. The summed E-state index contributed by atoms with van der Waals surface area (Å²) in [5.74, 6) is 1.04. The number of halogens is 1. The molecule has 4 heteroatoms. The van der Waals surface area contributed by atoms with Gasteiger partial charge in [0, 0.05) is 28.8 Å². The molecule has 0 atom stereocenters. The Labute approximate surface area is 130 Å². The predicted molar refractivity (Wildman–Crippen MR) is 89.6 cm³/mol. The molecule has 1 fully saturated rings. The molecule has 2 rings (SSSR count). The number of rotatable bonds is 4. The van der Waals surface area contributed by atoms with Gasteiger partial charge in [-0.15, -0.1) is 0 Å². The highest BCUT2D eigenvalue weighted by Gasteiger charge is 2.24. The van der Waals surface area contributed by atoms with E-state index < -0.39 is 0 Å². The molecular formula is C16H24BrN3. The molecule has 0 aliphatic heterocycles. The lowest BCUT2D eigenvalue weighted by Crippen LogP contribution is -2.36. The van der Waals surface area contributed by atoms with Crippen LogP contribution in [0.4, 0.5) is 5.69 Å². The molecule has 1 saturated carbocycles. The van der Waals surface area contributed by atoms with Gasteiger partial charge in [-0.2, -0.15) is 0 Å². The molecule has 3 nitrogen and oxygen atoms in total. The van der Waals surface area contributed by atoms with Crippen LogP contribution in [0.25, 0.3) is 0 Å². The summed E-state index contributed by atoms with van der Waals surface area (Å²) in [6, 6.07) is 6.51. The van der Waals surface area contributed by atoms with Crippen molar-refractivity contribution < 1.29 is 0 Å². The normalized spacial score (nSPS) is 22.6. The third kappa shape index (κ3) is 3.35. The Morgan fingerprint density at radius 2 is 2.00 bits per heavy atom. The van der Waals surface area contributed by atoms with E-state index >= 15 is 0 Å². The standard InChI is InChI=1S/C16H24BrN3/c1-3-11-4-7-13(8-5-11)20(2)15-10-12(17)6-9-14(15)16(18)19/h6,9-11,13H,3-5,7-8H2,1-2H3,(H3,18,19). The van der Waals surface area contributed by atoms with E-state index in [1.807, 2.05) is 12.1 Å². The second-order valence-corrected chi connectivity index (χ2v) is 6.68. The van der Waals surface area contributed by atoms with Crippen molar-refractivity contribution in [2.75, 3.05) is 11.9 Å². The van der Waals surface area contributed by atoms with Crippen molar-refractivity contribution >= 4 is 27.5 Å². The molecule has 0 radical (unpaired) electrons.